The lowest BCUT2D eigenvalue weighted by atomic mass is 9.71. The molecule has 0 N–H and O–H groups in total. The number of benzene rings is 1. The zero-order valence-corrected chi connectivity index (χ0v) is 13.5. The molecule has 0 aliphatic rings. The molecule has 0 bridgehead atoms. The standard InChI is InChI=1S/C18H18F6/c1-5-7-14(10-12(2)3)16(17(19,20)21,18(22,23)24)15-9-6-8-13(4)11-15/h5-11H,1H2,2-4H3/b14-7+. The zero-order valence-electron chi connectivity index (χ0n) is 13.5. The summed E-state index contributed by atoms with van der Waals surface area (Å²) in [5.41, 5.74) is -5.29. The van der Waals surface area contributed by atoms with Crippen LogP contribution in [0, 0.1) is 6.92 Å². The Bertz CT molecular complexity index is 641. The fraction of sp³-hybridized carbons (Fsp3) is 0.333. The predicted octanol–water partition coefficient (Wildman–Crippen LogP) is 6.44. The highest BCUT2D eigenvalue weighted by molar-refractivity contribution is 5.49. The summed E-state index contributed by atoms with van der Waals surface area (Å²) in [5.74, 6) is 0. The molecule has 0 atom stereocenters. The van der Waals surface area contributed by atoms with Crippen LogP contribution in [0.25, 0.3) is 0 Å². The van der Waals surface area contributed by atoms with Gasteiger partial charge in [-0.15, -0.1) is 0 Å². The van der Waals surface area contributed by atoms with Gasteiger partial charge in [0.1, 0.15) is 0 Å². The molecule has 0 fully saturated rings. The lowest BCUT2D eigenvalue weighted by Gasteiger charge is -2.39. The van der Waals surface area contributed by atoms with Gasteiger partial charge in [0.25, 0.3) is 0 Å². The summed E-state index contributed by atoms with van der Waals surface area (Å²) in [6, 6.07) is 4.39. The Kier molecular flexibility index (Phi) is 5.74. The number of halogens is 6. The SMILES string of the molecule is C=C/C=C(\C=C(C)C)C(c1cccc(C)c1)(C(F)(F)F)C(F)(F)F. The minimum Gasteiger partial charge on any atom is -0.169 e. The maximum atomic E-state index is 13.9. The lowest BCUT2D eigenvalue weighted by molar-refractivity contribution is -0.288. The van der Waals surface area contributed by atoms with Gasteiger partial charge in [-0.05, 0) is 31.9 Å². The Morgan fingerprint density at radius 3 is 1.92 bits per heavy atom. The number of rotatable bonds is 4. The molecule has 0 nitrogen and oxygen atoms in total. The minimum atomic E-state index is -5.58. The van der Waals surface area contributed by atoms with Crippen LogP contribution in [0.1, 0.15) is 25.0 Å². The molecule has 0 saturated heterocycles. The maximum absolute atomic E-state index is 13.9. The van der Waals surface area contributed by atoms with E-state index in [0.717, 1.165) is 30.4 Å². The van der Waals surface area contributed by atoms with Gasteiger partial charge >= 0.3 is 12.4 Å². The third-order valence-electron chi connectivity index (χ3n) is 3.48. The largest absolute Gasteiger partial charge is 0.411 e. The summed E-state index contributed by atoms with van der Waals surface area (Å²) in [4.78, 5) is 0. The number of allylic oxidation sites excluding steroid dienone is 5. The third kappa shape index (κ3) is 3.57. The van der Waals surface area contributed by atoms with Gasteiger partial charge in [-0.1, -0.05) is 60.2 Å². The molecular weight excluding hydrogens is 330 g/mol. The summed E-state index contributed by atoms with van der Waals surface area (Å²) >= 11 is 0. The average Bonchev–Trinajstić information content (AvgIpc) is 2.35. The number of hydrogen-bond donors (Lipinski definition) is 0. The van der Waals surface area contributed by atoms with Crippen molar-refractivity contribution < 1.29 is 26.3 Å². The van der Waals surface area contributed by atoms with E-state index in [-0.39, 0.29) is 0 Å². The zero-order chi connectivity index (χ0) is 18.8. The molecule has 0 radical (unpaired) electrons. The number of hydrogen-bond acceptors (Lipinski definition) is 0. The average molecular weight is 348 g/mol. The molecular formula is C18H18F6. The van der Waals surface area contributed by atoms with Crippen LogP contribution in [0.5, 0.6) is 0 Å². The van der Waals surface area contributed by atoms with E-state index in [2.05, 4.69) is 6.58 Å². The Morgan fingerprint density at radius 2 is 1.54 bits per heavy atom. The molecule has 1 rings (SSSR count). The molecule has 0 saturated carbocycles. The van der Waals surface area contributed by atoms with Gasteiger partial charge in [0.15, 0.2) is 0 Å². The fourth-order valence-corrected chi connectivity index (χ4v) is 2.58. The van der Waals surface area contributed by atoms with E-state index >= 15 is 0 Å². The molecule has 132 valence electrons. The quantitative estimate of drug-likeness (QED) is 0.434. The molecule has 0 spiro atoms. The van der Waals surface area contributed by atoms with Crippen LogP contribution in [0.4, 0.5) is 26.3 Å². The van der Waals surface area contributed by atoms with Gasteiger partial charge in [0.05, 0.1) is 0 Å². The minimum absolute atomic E-state index is 0.306. The van der Waals surface area contributed by atoms with Crippen LogP contribution in [-0.4, -0.2) is 12.4 Å². The molecule has 0 aliphatic carbocycles. The fourth-order valence-electron chi connectivity index (χ4n) is 2.58. The molecule has 0 heterocycles. The normalized spacial score (nSPS) is 13.6. The summed E-state index contributed by atoms with van der Waals surface area (Å²) < 4.78 is 83.3. The topological polar surface area (TPSA) is 0 Å². The monoisotopic (exact) mass is 348 g/mol. The van der Waals surface area contributed by atoms with Crippen molar-refractivity contribution >= 4 is 0 Å². The van der Waals surface area contributed by atoms with Gasteiger partial charge in [-0.25, -0.2) is 0 Å². The van der Waals surface area contributed by atoms with E-state index in [1.165, 1.54) is 32.9 Å². The summed E-state index contributed by atoms with van der Waals surface area (Å²) in [7, 11) is 0. The first-order chi connectivity index (χ1) is 10.9. The highest BCUT2D eigenvalue weighted by Gasteiger charge is 2.72. The summed E-state index contributed by atoms with van der Waals surface area (Å²) in [6.45, 7) is 7.57. The predicted molar refractivity (Wildman–Crippen MR) is 82.7 cm³/mol. The van der Waals surface area contributed by atoms with E-state index in [9.17, 15) is 26.3 Å². The first-order valence-electron chi connectivity index (χ1n) is 7.06. The highest BCUT2D eigenvalue weighted by Crippen LogP contribution is 2.57. The molecule has 1 aromatic rings. The van der Waals surface area contributed by atoms with Crippen molar-refractivity contribution in [3.63, 3.8) is 0 Å². The van der Waals surface area contributed by atoms with Crippen molar-refractivity contribution in [1.82, 2.24) is 0 Å². The van der Waals surface area contributed by atoms with E-state index < -0.39 is 28.9 Å². The van der Waals surface area contributed by atoms with E-state index in [0.29, 0.717) is 11.1 Å². The molecule has 0 aliphatic heterocycles. The Balaban J connectivity index is 4.03. The van der Waals surface area contributed by atoms with Crippen LogP contribution < -0.4 is 0 Å². The van der Waals surface area contributed by atoms with Gasteiger partial charge < -0.3 is 0 Å². The van der Waals surface area contributed by atoms with Crippen molar-refractivity contribution in [3.8, 4) is 0 Å². The van der Waals surface area contributed by atoms with Crippen molar-refractivity contribution in [2.24, 2.45) is 0 Å². The van der Waals surface area contributed by atoms with Crippen molar-refractivity contribution in [3.05, 3.63) is 71.3 Å². The van der Waals surface area contributed by atoms with E-state index in [4.69, 9.17) is 0 Å². The maximum Gasteiger partial charge on any atom is 0.411 e. The van der Waals surface area contributed by atoms with Crippen molar-refractivity contribution in [2.45, 2.75) is 38.5 Å². The van der Waals surface area contributed by atoms with Gasteiger partial charge in [0.2, 0.25) is 5.41 Å². The van der Waals surface area contributed by atoms with Crippen LogP contribution in [0.15, 0.2) is 60.2 Å². The van der Waals surface area contributed by atoms with Gasteiger partial charge in [-0.3, -0.25) is 0 Å². The van der Waals surface area contributed by atoms with E-state index in [1.54, 1.807) is 0 Å². The molecule has 24 heavy (non-hydrogen) atoms. The first kappa shape index (κ1) is 20.1. The summed E-state index contributed by atoms with van der Waals surface area (Å²) in [5, 5.41) is 0. The number of aryl methyl sites for hydroxylation is 1. The van der Waals surface area contributed by atoms with Gasteiger partial charge in [-0.2, -0.15) is 26.3 Å². The highest BCUT2D eigenvalue weighted by atomic mass is 19.4. The van der Waals surface area contributed by atoms with Crippen molar-refractivity contribution in [1.29, 1.82) is 0 Å². The molecule has 1 aromatic carbocycles. The molecule has 6 heteroatoms. The van der Waals surface area contributed by atoms with Crippen LogP contribution in [-0.2, 0) is 5.41 Å². The van der Waals surface area contributed by atoms with E-state index in [1.807, 2.05) is 0 Å². The Morgan fingerprint density at radius 1 is 1.00 bits per heavy atom. The second-order valence-corrected chi connectivity index (χ2v) is 5.69. The third-order valence-corrected chi connectivity index (χ3v) is 3.48. The first-order valence-corrected chi connectivity index (χ1v) is 7.06. The van der Waals surface area contributed by atoms with Crippen LogP contribution in [0.3, 0.4) is 0 Å². The van der Waals surface area contributed by atoms with Crippen LogP contribution >= 0.6 is 0 Å². The Hall–Kier alpha value is -1.98. The molecule has 0 unspecified atom stereocenters. The number of alkyl halides is 6. The second kappa shape index (κ2) is 6.87. The molecule has 0 aromatic heterocycles. The van der Waals surface area contributed by atoms with Crippen LogP contribution in [0.2, 0.25) is 0 Å². The van der Waals surface area contributed by atoms with Gasteiger partial charge in [0, 0.05) is 0 Å². The van der Waals surface area contributed by atoms with Crippen molar-refractivity contribution in [2.75, 3.05) is 0 Å². The molecule has 0 amide bonds. The Labute approximate surface area is 137 Å². The second-order valence-electron chi connectivity index (χ2n) is 5.69. The lowest BCUT2D eigenvalue weighted by Crippen LogP contribution is -2.55. The smallest absolute Gasteiger partial charge is 0.169 e. The summed E-state index contributed by atoms with van der Waals surface area (Å²) in [6.07, 6.45) is -8.59.